The molecular formula is C6H7BF4S. The predicted molar refractivity (Wildman–Crippen MR) is 43.9 cm³/mol. The van der Waals surface area contributed by atoms with Crippen molar-refractivity contribution in [3.63, 3.8) is 0 Å². The summed E-state index contributed by atoms with van der Waals surface area (Å²) >= 11 is 3.36. The molecule has 0 aliphatic carbocycles. The maximum atomic E-state index is 9.67. The molecule has 0 atom stereocenters. The summed E-state index contributed by atoms with van der Waals surface area (Å²) in [4.78, 5) is 1.13. The molecule has 0 saturated heterocycles. The fourth-order valence-corrected chi connectivity index (χ4v) is 0.631. The molecule has 0 aromatic heterocycles. The highest BCUT2D eigenvalue weighted by Crippen LogP contribution is 1.92. The Kier molecular flexibility index (Phi) is 9.80. The number of rotatable bonds is 0. The highest BCUT2D eigenvalue weighted by atomic mass is 32.1. The van der Waals surface area contributed by atoms with Crippen LogP contribution in [0.15, 0.2) is 35.2 Å². The van der Waals surface area contributed by atoms with Gasteiger partial charge in [0.15, 0.2) is 0 Å². The van der Waals surface area contributed by atoms with E-state index in [2.05, 4.69) is 12.6 Å². The standard InChI is InChI=1S/C6H6S.BF3.FH/c7-6-4-2-1-3-5-6;2-1(3)4;/h1-5,7H;;1H. The minimum Gasteiger partial charge on any atom is -1.00 e. The van der Waals surface area contributed by atoms with Gasteiger partial charge in [-0.25, -0.2) is 0 Å². The van der Waals surface area contributed by atoms with Crippen molar-refractivity contribution >= 4 is 20.2 Å². The Hall–Kier alpha value is -0.645. The first kappa shape index (κ1) is 13.9. The van der Waals surface area contributed by atoms with Gasteiger partial charge < -0.3 is 4.70 Å². The Balaban J connectivity index is 0. The molecule has 0 spiro atoms. The van der Waals surface area contributed by atoms with Crippen molar-refractivity contribution in [2.75, 3.05) is 0 Å². The largest absolute Gasteiger partial charge is 1.00 e. The molecule has 0 bridgehead atoms. The molecule has 1 aromatic carbocycles. The lowest BCUT2D eigenvalue weighted by molar-refractivity contribution is -0.00000496. The fourth-order valence-electron chi connectivity index (χ4n) is 0.438. The van der Waals surface area contributed by atoms with E-state index in [9.17, 15) is 12.9 Å². The van der Waals surface area contributed by atoms with Crippen LogP contribution < -0.4 is 4.70 Å². The molecule has 0 aliphatic rings. The normalized spacial score (nSPS) is 7.33. The van der Waals surface area contributed by atoms with Gasteiger partial charge in [0.1, 0.15) is 4.90 Å². The first-order chi connectivity index (χ1) is 5.13. The van der Waals surface area contributed by atoms with E-state index in [1.807, 2.05) is 30.3 Å². The molecule has 0 fully saturated rings. The first-order valence-electron chi connectivity index (χ1n) is 2.82. The highest BCUT2D eigenvalue weighted by molar-refractivity contribution is 7.58. The van der Waals surface area contributed by atoms with Crippen molar-refractivity contribution in [2.24, 2.45) is 0 Å². The van der Waals surface area contributed by atoms with Crippen molar-refractivity contribution in [1.29, 1.82) is 0 Å². The SMILES string of the molecule is FB(F)F.[F-].[SH2+]c1ccccc1. The maximum absolute atomic E-state index is 9.67. The average Bonchev–Trinajstić information content (AvgIpc) is 1.87. The van der Waals surface area contributed by atoms with Crippen LogP contribution in [-0.4, -0.2) is 7.54 Å². The van der Waals surface area contributed by atoms with Crippen LogP contribution in [0.2, 0.25) is 0 Å². The summed E-state index contributed by atoms with van der Waals surface area (Å²) in [6, 6.07) is 9.96. The van der Waals surface area contributed by atoms with Crippen molar-refractivity contribution in [3.05, 3.63) is 30.3 Å². The van der Waals surface area contributed by atoms with Crippen molar-refractivity contribution in [1.82, 2.24) is 0 Å². The van der Waals surface area contributed by atoms with E-state index >= 15 is 0 Å². The van der Waals surface area contributed by atoms with E-state index in [-0.39, 0.29) is 4.70 Å². The van der Waals surface area contributed by atoms with Gasteiger partial charge in [-0.15, -0.1) is 0 Å². The minimum atomic E-state index is -3.67. The summed E-state index contributed by atoms with van der Waals surface area (Å²) in [5.41, 5.74) is 0. The van der Waals surface area contributed by atoms with Crippen LogP contribution in [0.3, 0.4) is 0 Å². The molecule has 0 amide bonds. The van der Waals surface area contributed by atoms with Gasteiger partial charge in [0, 0.05) is 0 Å². The molecule has 68 valence electrons. The van der Waals surface area contributed by atoms with Crippen LogP contribution in [0.4, 0.5) is 12.9 Å². The second kappa shape index (κ2) is 8.45. The van der Waals surface area contributed by atoms with E-state index in [1.54, 1.807) is 0 Å². The third kappa shape index (κ3) is 12.1. The Morgan fingerprint density at radius 2 is 1.33 bits per heavy atom. The van der Waals surface area contributed by atoms with E-state index in [1.165, 1.54) is 0 Å². The number of halogens is 4. The summed E-state index contributed by atoms with van der Waals surface area (Å²) < 4.78 is 29.0. The molecule has 0 heterocycles. The van der Waals surface area contributed by atoms with Crippen LogP contribution in [0, 0.1) is 0 Å². The summed E-state index contributed by atoms with van der Waals surface area (Å²) in [5, 5.41) is 0. The van der Waals surface area contributed by atoms with Gasteiger partial charge in [-0.2, -0.15) is 0 Å². The molecule has 0 radical (unpaired) electrons. The van der Waals surface area contributed by atoms with Crippen LogP contribution in [0.5, 0.6) is 0 Å². The summed E-state index contributed by atoms with van der Waals surface area (Å²) in [6.45, 7) is 0. The Morgan fingerprint density at radius 1 is 1.00 bits per heavy atom. The smallest absolute Gasteiger partial charge is 0.762 e. The van der Waals surface area contributed by atoms with Crippen LogP contribution in [0.25, 0.3) is 0 Å². The third-order valence-corrected chi connectivity index (χ3v) is 1.11. The van der Waals surface area contributed by atoms with Gasteiger partial charge in [0.05, 0.1) is 0 Å². The van der Waals surface area contributed by atoms with E-state index < -0.39 is 7.54 Å². The maximum Gasteiger partial charge on any atom is 0.762 e. The third-order valence-electron chi connectivity index (χ3n) is 0.774. The van der Waals surface area contributed by atoms with Crippen LogP contribution in [0.1, 0.15) is 0 Å². The van der Waals surface area contributed by atoms with E-state index in [0.29, 0.717) is 0 Å². The molecule has 6 heteroatoms. The first-order valence-corrected chi connectivity index (χ1v) is 3.32. The minimum absolute atomic E-state index is 0. The summed E-state index contributed by atoms with van der Waals surface area (Å²) in [6.07, 6.45) is 0. The Labute approximate surface area is 73.8 Å². The van der Waals surface area contributed by atoms with E-state index in [4.69, 9.17) is 0 Å². The van der Waals surface area contributed by atoms with Gasteiger partial charge >= 0.3 is 7.54 Å². The molecule has 0 saturated carbocycles. The highest BCUT2D eigenvalue weighted by Gasteiger charge is 2.06. The molecule has 0 unspecified atom stereocenters. The number of hydrogen-bond acceptors (Lipinski definition) is 0. The van der Waals surface area contributed by atoms with E-state index in [0.717, 1.165) is 4.90 Å². The number of benzene rings is 1. The lowest BCUT2D eigenvalue weighted by atomic mass is 10.4. The van der Waals surface area contributed by atoms with Gasteiger partial charge in [-0.3, -0.25) is 12.9 Å². The second-order valence-corrected chi connectivity index (χ2v) is 2.19. The van der Waals surface area contributed by atoms with Crippen molar-refractivity contribution < 1.29 is 17.7 Å². The Bertz CT molecular complexity index is 179. The number of hydrogen-bond donors (Lipinski definition) is 0. The van der Waals surface area contributed by atoms with Gasteiger partial charge in [-0.1, -0.05) is 18.2 Å². The molecule has 0 aliphatic heterocycles. The zero-order valence-electron chi connectivity index (χ0n) is 5.98. The van der Waals surface area contributed by atoms with Crippen LogP contribution >= 0.6 is 0 Å². The lowest BCUT2D eigenvalue weighted by Gasteiger charge is -1.75. The quantitative estimate of drug-likeness (QED) is 0.283. The zero-order chi connectivity index (χ0) is 8.69. The topological polar surface area (TPSA) is 0 Å². The second-order valence-electron chi connectivity index (χ2n) is 1.61. The van der Waals surface area contributed by atoms with Crippen LogP contribution in [-0.2, 0) is 12.6 Å². The van der Waals surface area contributed by atoms with Gasteiger partial charge in [0.25, 0.3) is 0 Å². The van der Waals surface area contributed by atoms with Crippen molar-refractivity contribution in [3.8, 4) is 0 Å². The molecule has 1 rings (SSSR count). The molecule has 0 N–H and O–H groups in total. The average molecular weight is 198 g/mol. The monoisotopic (exact) mass is 198 g/mol. The zero-order valence-corrected chi connectivity index (χ0v) is 6.98. The summed E-state index contributed by atoms with van der Waals surface area (Å²) in [7, 11) is -3.67. The molecule has 1 aromatic rings. The van der Waals surface area contributed by atoms with Gasteiger partial charge in [0.2, 0.25) is 0 Å². The fraction of sp³-hybridized carbons (Fsp3) is 0. The molecular weight excluding hydrogens is 191 g/mol. The molecule has 0 nitrogen and oxygen atoms in total. The summed E-state index contributed by atoms with van der Waals surface area (Å²) in [5.74, 6) is 0. The molecule has 12 heavy (non-hydrogen) atoms. The predicted octanol–water partition coefficient (Wildman–Crippen LogP) is -1.06. The lowest BCUT2D eigenvalue weighted by Crippen LogP contribution is -3.00. The van der Waals surface area contributed by atoms with Gasteiger partial charge in [-0.05, 0) is 24.8 Å². The Morgan fingerprint density at radius 3 is 1.50 bits per heavy atom. The van der Waals surface area contributed by atoms with Crippen molar-refractivity contribution in [2.45, 2.75) is 4.90 Å².